The van der Waals surface area contributed by atoms with E-state index < -0.39 is 0 Å². The predicted octanol–water partition coefficient (Wildman–Crippen LogP) is 3.75. The van der Waals surface area contributed by atoms with E-state index in [1.807, 2.05) is 23.6 Å². The molecule has 0 spiro atoms. The number of benzene rings is 1. The van der Waals surface area contributed by atoms with Crippen molar-refractivity contribution in [1.82, 2.24) is 0 Å². The lowest BCUT2D eigenvalue weighted by molar-refractivity contribution is 0.104. The Hall–Kier alpha value is -1.13. The van der Waals surface area contributed by atoms with Crippen LogP contribution in [0.4, 0.5) is 0 Å². The highest BCUT2D eigenvalue weighted by Crippen LogP contribution is 2.27. The van der Waals surface area contributed by atoms with Gasteiger partial charge in [-0.2, -0.15) is 0 Å². The van der Waals surface area contributed by atoms with Crippen LogP contribution in [0, 0.1) is 0 Å². The maximum absolute atomic E-state index is 12.1. The second kappa shape index (κ2) is 4.80. The van der Waals surface area contributed by atoms with Gasteiger partial charge in [0, 0.05) is 10.0 Å². The molecule has 4 heteroatoms. The van der Waals surface area contributed by atoms with Gasteiger partial charge < -0.3 is 4.74 Å². The van der Waals surface area contributed by atoms with Crippen molar-refractivity contribution in [2.24, 2.45) is 0 Å². The molecule has 0 unspecified atom stereocenters. The maximum atomic E-state index is 12.1. The van der Waals surface area contributed by atoms with Gasteiger partial charge in [-0.1, -0.05) is 28.1 Å². The smallest absolute Gasteiger partial charge is 0.206 e. The Morgan fingerprint density at radius 2 is 2.19 bits per heavy atom. The van der Waals surface area contributed by atoms with Crippen molar-refractivity contribution < 1.29 is 9.53 Å². The number of ketones is 1. The SMILES string of the molecule is COc1ccsc1C(=O)c1cccc(Br)c1. The van der Waals surface area contributed by atoms with E-state index in [9.17, 15) is 4.79 Å². The lowest BCUT2D eigenvalue weighted by atomic mass is 10.1. The predicted molar refractivity (Wildman–Crippen MR) is 68.4 cm³/mol. The quantitative estimate of drug-likeness (QED) is 0.807. The van der Waals surface area contributed by atoms with Gasteiger partial charge in [0.2, 0.25) is 5.78 Å². The standard InChI is InChI=1S/C12H9BrO2S/c1-15-10-5-6-16-12(10)11(14)8-3-2-4-9(13)7-8/h2-7H,1H3. The van der Waals surface area contributed by atoms with E-state index in [2.05, 4.69) is 15.9 Å². The molecule has 0 saturated heterocycles. The summed E-state index contributed by atoms with van der Waals surface area (Å²) in [6, 6.07) is 9.14. The van der Waals surface area contributed by atoms with Gasteiger partial charge in [-0.25, -0.2) is 0 Å². The third-order valence-electron chi connectivity index (χ3n) is 2.14. The first-order chi connectivity index (χ1) is 7.72. The Morgan fingerprint density at radius 3 is 2.88 bits per heavy atom. The third kappa shape index (κ3) is 2.18. The fraction of sp³-hybridized carbons (Fsp3) is 0.0833. The Balaban J connectivity index is 2.39. The van der Waals surface area contributed by atoms with Crippen molar-refractivity contribution in [1.29, 1.82) is 0 Å². The van der Waals surface area contributed by atoms with Gasteiger partial charge in [0.1, 0.15) is 10.6 Å². The Kier molecular flexibility index (Phi) is 3.41. The van der Waals surface area contributed by atoms with E-state index in [0.29, 0.717) is 16.2 Å². The average molecular weight is 297 g/mol. The summed E-state index contributed by atoms with van der Waals surface area (Å²) in [7, 11) is 1.57. The Morgan fingerprint density at radius 1 is 1.38 bits per heavy atom. The summed E-state index contributed by atoms with van der Waals surface area (Å²) in [6.45, 7) is 0. The third-order valence-corrected chi connectivity index (χ3v) is 3.53. The normalized spacial score (nSPS) is 10.1. The molecule has 1 heterocycles. The minimum absolute atomic E-state index is 0.00634. The summed E-state index contributed by atoms with van der Waals surface area (Å²) in [6.07, 6.45) is 0. The molecule has 0 aliphatic heterocycles. The Labute approximate surface area is 106 Å². The zero-order valence-electron chi connectivity index (χ0n) is 8.57. The van der Waals surface area contributed by atoms with Crippen LogP contribution in [0.5, 0.6) is 5.75 Å². The fourth-order valence-corrected chi connectivity index (χ4v) is 2.60. The number of carbonyl (C=O) groups excluding carboxylic acids is 1. The molecule has 1 aromatic carbocycles. The number of rotatable bonds is 3. The number of halogens is 1. The van der Waals surface area contributed by atoms with Crippen LogP contribution in [0.3, 0.4) is 0 Å². The van der Waals surface area contributed by atoms with Crippen LogP contribution in [-0.2, 0) is 0 Å². The lowest BCUT2D eigenvalue weighted by Crippen LogP contribution is -2.00. The average Bonchev–Trinajstić information content (AvgIpc) is 2.76. The van der Waals surface area contributed by atoms with Gasteiger partial charge in [-0.05, 0) is 23.6 Å². The largest absolute Gasteiger partial charge is 0.495 e. The van der Waals surface area contributed by atoms with Crippen LogP contribution < -0.4 is 4.74 Å². The van der Waals surface area contributed by atoms with Crippen LogP contribution in [-0.4, -0.2) is 12.9 Å². The molecule has 1 aromatic heterocycles. The summed E-state index contributed by atoms with van der Waals surface area (Å²) in [5.74, 6) is 0.628. The van der Waals surface area contributed by atoms with Gasteiger partial charge >= 0.3 is 0 Å². The van der Waals surface area contributed by atoms with Crippen LogP contribution >= 0.6 is 27.3 Å². The van der Waals surface area contributed by atoms with Gasteiger partial charge in [0.15, 0.2) is 0 Å². The minimum atomic E-state index is -0.00634. The molecule has 0 amide bonds. The first-order valence-electron chi connectivity index (χ1n) is 4.64. The van der Waals surface area contributed by atoms with Crippen LogP contribution in [0.2, 0.25) is 0 Å². The molecule has 0 saturated carbocycles. The number of methoxy groups -OCH3 is 1. The molecule has 0 aliphatic carbocycles. The van der Waals surface area contributed by atoms with Gasteiger partial charge in [-0.3, -0.25) is 4.79 Å². The number of hydrogen-bond acceptors (Lipinski definition) is 3. The molecule has 82 valence electrons. The highest BCUT2D eigenvalue weighted by molar-refractivity contribution is 9.10. The monoisotopic (exact) mass is 296 g/mol. The van der Waals surface area contributed by atoms with E-state index in [1.165, 1.54) is 11.3 Å². The van der Waals surface area contributed by atoms with Crippen LogP contribution in [0.1, 0.15) is 15.2 Å². The zero-order valence-corrected chi connectivity index (χ0v) is 11.0. The van der Waals surface area contributed by atoms with Crippen molar-refractivity contribution in [3.8, 4) is 5.75 Å². The van der Waals surface area contributed by atoms with Gasteiger partial charge in [0.05, 0.1) is 7.11 Å². The first kappa shape index (κ1) is 11.4. The fourth-order valence-electron chi connectivity index (χ4n) is 1.38. The molecule has 2 aromatic rings. The molecular formula is C12H9BrO2S. The van der Waals surface area contributed by atoms with Crippen molar-refractivity contribution in [3.05, 3.63) is 50.6 Å². The highest BCUT2D eigenvalue weighted by atomic mass is 79.9. The molecule has 16 heavy (non-hydrogen) atoms. The zero-order chi connectivity index (χ0) is 11.5. The molecule has 0 aliphatic rings. The van der Waals surface area contributed by atoms with Crippen molar-refractivity contribution in [2.75, 3.05) is 7.11 Å². The number of thiophene rings is 1. The van der Waals surface area contributed by atoms with E-state index >= 15 is 0 Å². The van der Waals surface area contributed by atoms with E-state index in [0.717, 1.165) is 4.47 Å². The number of hydrogen-bond donors (Lipinski definition) is 0. The van der Waals surface area contributed by atoms with E-state index in [1.54, 1.807) is 19.2 Å². The summed E-state index contributed by atoms with van der Waals surface area (Å²) in [4.78, 5) is 12.8. The van der Waals surface area contributed by atoms with Crippen molar-refractivity contribution in [2.45, 2.75) is 0 Å². The second-order valence-electron chi connectivity index (χ2n) is 3.16. The van der Waals surface area contributed by atoms with Gasteiger partial charge in [-0.15, -0.1) is 11.3 Å². The second-order valence-corrected chi connectivity index (χ2v) is 4.99. The molecule has 0 N–H and O–H groups in total. The highest BCUT2D eigenvalue weighted by Gasteiger charge is 2.15. The molecule has 0 fully saturated rings. The molecule has 2 nitrogen and oxygen atoms in total. The molecule has 0 bridgehead atoms. The lowest BCUT2D eigenvalue weighted by Gasteiger charge is -2.02. The minimum Gasteiger partial charge on any atom is -0.495 e. The number of carbonyl (C=O) groups is 1. The molecular weight excluding hydrogens is 288 g/mol. The van der Waals surface area contributed by atoms with Crippen molar-refractivity contribution in [3.63, 3.8) is 0 Å². The van der Waals surface area contributed by atoms with Gasteiger partial charge in [0.25, 0.3) is 0 Å². The molecule has 0 radical (unpaired) electrons. The van der Waals surface area contributed by atoms with Crippen LogP contribution in [0.15, 0.2) is 40.2 Å². The van der Waals surface area contributed by atoms with E-state index in [4.69, 9.17) is 4.74 Å². The number of ether oxygens (including phenoxy) is 1. The summed E-state index contributed by atoms with van der Waals surface area (Å²) >= 11 is 4.74. The van der Waals surface area contributed by atoms with Crippen molar-refractivity contribution >= 4 is 33.0 Å². The summed E-state index contributed by atoms with van der Waals surface area (Å²) < 4.78 is 6.03. The Bertz CT molecular complexity index is 519. The van der Waals surface area contributed by atoms with E-state index in [-0.39, 0.29) is 5.78 Å². The summed E-state index contributed by atoms with van der Waals surface area (Å²) in [5, 5.41) is 1.85. The topological polar surface area (TPSA) is 26.3 Å². The first-order valence-corrected chi connectivity index (χ1v) is 6.31. The summed E-state index contributed by atoms with van der Waals surface area (Å²) in [5.41, 5.74) is 0.662. The molecule has 0 atom stereocenters. The molecule has 2 rings (SSSR count). The maximum Gasteiger partial charge on any atom is 0.206 e. The van der Waals surface area contributed by atoms with Crippen LogP contribution in [0.25, 0.3) is 0 Å².